The molecule has 2 aromatic heterocycles. The molecular weight excluding hydrogens is 453 g/mol. The number of thioether (sulfide) groups is 1. The number of halogens is 2. The highest BCUT2D eigenvalue weighted by atomic mass is 79.9. The van der Waals surface area contributed by atoms with Crippen LogP contribution in [0, 0.1) is 5.82 Å². The minimum Gasteiger partial charge on any atom is -0.323 e. The molecule has 0 unspecified atom stereocenters. The highest BCUT2D eigenvalue weighted by molar-refractivity contribution is 9.10. The molecule has 0 atom stereocenters. The fraction of sp³-hybridized carbons (Fsp3) is 0.278. The molecular formula is C18H15BrFN3O2S2. The van der Waals surface area contributed by atoms with Crippen LogP contribution in [-0.2, 0) is 23.4 Å². The van der Waals surface area contributed by atoms with Gasteiger partial charge >= 0.3 is 0 Å². The van der Waals surface area contributed by atoms with E-state index >= 15 is 0 Å². The van der Waals surface area contributed by atoms with Crippen LogP contribution in [0.5, 0.6) is 0 Å². The van der Waals surface area contributed by atoms with Crippen LogP contribution >= 0.6 is 39.0 Å². The van der Waals surface area contributed by atoms with Gasteiger partial charge < -0.3 is 10.3 Å². The summed E-state index contributed by atoms with van der Waals surface area (Å²) in [4.78, 5) is 33.8. The number of hydrogen-bond acceptors (Lipinski definition) is 5. The Morgan fingerprint density at radius 3 is 3.07 bits per heavy atom. The third kappa shape index (κ3) is 3.95. The lowest BCUT2D eigenvalue weighted by molar-refractivity contribution is -0.113. The first kappa shape index (κ1) is 18.6. The summed E-state index contributed by atoms with van der Waals surface area (Å²) in [5.74, 6) is 0.298. The molecule has 3 aromatic rings. The molecule has 0 bridgehead atoms. The van der Waals surface area contributed by atoms with Crippen LogP contribution in [0.1, 0.15) is 22.7 Å². The molecule has 0 spiro atoms. The van der Waals surface area contributed by atoms with Crippen molar-refractivity contribution in [1.29, 1.82) is 0 Å². The van der Waals surface area contributed by atoms with Crippen molar-refractivity contribution >= 4 is 60.8 Å². The van der Waals surface area contributed by atoms with Gasteiger partial charge in [-0.1, -0.05) is 15.9 Å². The van der Waals surface area contributed by atoms with Crippen molar-refractivity contribution in [3.63, 3.8) is 0 Å². The minimum atomic E-state index is -0.495. The first-order valence-corrected chi connectivity index (χ1v) is 11.1. The highest BCUT2D eigenvalue weighted by Crippen LogP contribution is 2.34. The van der Waals surface area contributed by atoms with Crippen molar-refractivity contribution in [1.82, 2.24) is 9.97 Å². The van der Waals surface area contributed by atoms with Gasteiger partial charge in [-0.25, -0.2) is 9.37 Å². The second kappa shape index (κ2) is 7.73. The fourth-order valence-electron chi connectivity index (χ4n) is 3.13. The standard InChI is InChI=1S/C18H15BrFN3O2S2/c19-9-4-5-12(11(20)6-9)21-15(24)8-26-7-14-22-17(25)16-10-2-1-3-13(10)27-18(16)23-14/h4-6H,1-3,7-8H2,(H,21,24)(H,22,23,25). The Morgan fingerprint density at radius 2 is 2.26 bits per heavy atom. The number of hydrogen-bond donors (Lipinski definition) is 2. The van der Waals surface area contributed by atoms with Gasteiger partial charge in [0.2, 0.25) is 5.91 Å². The number of aromatic amines is 1. The zero-order chi connectivity index (χ0) is 19.0. The van der Waals surface area contributed by atoms with E-state index in [-0.39, 0.29) is 22.9 Å². The Labute approximate surface area is 170 Å². The highest BCUT2D eigenvalue weighted by Gasteiger charge is 2.21. The molecule has 140 valence electrons. The molecule has 1 amide bonds. The Hall–Kier alpha value is -1.71. The molecule has 0 aliphatic heterocycles. The van der Waals surface area contributed by atoms with Gasteiger partial charge in [-0.2, -0.15) is 0 Å². The van der Waals surface area contributed by atoms with Crippen molar-refractivity contribution in [2.45, 2.75) is 25.0 Å². The molecule has 0 saturated heterocycles. The number of fused-ring (bicyclic) bond motifs is 3. The second-order valence-electron chi connectivity index (χ2n) is 6.22. The number of aryl methyl sites for hydroxylation is 2. The van der Waals surface area contributed by atoms with E-state index in [1.165, 1.54) is 28.8 Å². The van der Waals surface area contributed by atoms with E-state index in [9.17, 15) is 14.0 Å². The van der Waals surface area contributed by atoms with E-state index in [1.807, 2.05) is 0 Å². The maximum atomic E-state index is 13.8. The monoisotopic (exact) mass is 467 g/mol. The average Bonchev–Trinajstić information content (AvgIpc) is 3.18. The summed E-state index contributed by atoms with van der Waals surface area (Å²) in [6.45, 7) is 0. The van der Waals surface area contributed by atoms with Gasteiger partial charge in [0, 0.05) is 9.35 Å². The molecule has 0 saturated carbocycles. The van der Waals surface area contributed by atoms with E-state index in [1.54, 1.807) is 17.4 Å². The molecule has 1 aliphatic rings. The summed E-state index contributed by atoms with van der Waals surface area (Å²) < 4.78 is 14.4. The molecule has 1 aromatic carbocycles. The summed E-state index contributed by atoms with van der Waals surface area (Å²) in [6.07, 6.45) is 3.07. The molecule has 4 rings (SSSR count). The zero-order valence-corrected chi connectivity index (χ0v) is 17.3. The number of H-pyrrole nitrogens is 1. The van der Waals surface area contributed by atoms with Gasteiger partial charge in [0.05, 0.1) is 22.6 Å². The number of carbonyl (C=O) groups excluding carboxylic acids is 1. The molecule has 2 N–H and O–H groups in total. The third-order valence-corrected chi connectivity index (χ3v) is 6.92. The Balaban J connectivity index is 1.39. The van der Waals surface area contributed by atoms with Crippen molar-refractivity contribution in [3.8, 4) is 0 Å². The predicted molar refractivity (Wildman–Crippen MR) is 111 cm³/mol. The molecule has 0 radical (unpaired) electrons. The van der Waals surface area contributed by atoms with Crippen LogP contribution in [-0.4, -0.2) is 21.6 Å². The lowest BCUT2D eigenvalue weighted by Gasteiger charge is -2.06. The number of thiophene rings is 1. The van der Waals surface area contributed by atoms with Gasteiger partial charge in [-0.05, 0) is 43.0 Å². The maximum Gasteiger partial charge on any atom is 0.259 e. The summed E-state index contributed by atoms with van der Waals surface area (Å²) in [7, 11) is 0. The topological polar surface area (TPSA) is 74.8 Å². The van der Waals surface area contributed by atoms with Gasteiger partial charge in [0.15, 0.2) is 0 Å². The van der Waals surface area contributed by atoms with Gasteiger partial charge in [0.25, 0.3) is 5.56 Å². The van der Waals surface area contributed by atoms with Crippen molar-refractivity contribution in [2.75, 3.05) is 11.1 Å². The first-order valence-electron chi connectivity index (χ1n) is 8.37. The normalized spacial score (nSPS) is 13.1. The largest absolute Gasteiger partial charge is 0.323 e. The average molecular weight is 468 g/mol. The number of anilines is 1. The van der Waals surface area contributed by atoms with E-state index in [2.05, 4.69) is 31.2 Å². The van der Waals surface area contributed by atoms with Crippen molar-refractivity contribution in [3.05, 3.63) is 55.1 Å². The molecule has 2 heterocycles. The SMILES string of the molecule is O=C(CSCc1nc2sc3c(c2c(=O)[nH]1)CCC3)Nc1ccc(Br)cc1F. The smallest absolute Gasteiger partial charge is 0.259 e. The number of benzene rings is 1. The second-order valence-corrected chi connectivity index (χ2v) is 9.20. The van der Waals surface area contributed by atoms with Crippen LogP contribution in [0.2, 0.25) is 0 Å². The van der Waals surface area contributed by atoms with Crippen LogP contribution in [0.15, 0.2) is 27.5 Å². The lowest BCUT2D eigenvalue weighted by Crippen LogP contribution is -2.16. The molecule has 5 nitrogen and oxygen atoms in total. The molecule has 9 heteroatoms. The Bertz CT molecular complexity index is 1100. The van der Waals surface area contributed by atoms with E-state index in [0.717, 1.165) is 35.0 Å². The third-order valence-electron chi connectivity index (χ3n) is 4.30. The number of aromatic nitrogens is 2. The number of rotatable bonds is 5. The van der Waals surface area contributed by atoms with Gasteiger partial charge in [-0.3, -0.25) is 9.59 Å². The summed E-state index contributed by atoms with van der Waals surface area (Å²) in [6, 6.07) is 4.46. The Morgan fingerprint density at radius 1 is 1.41 bits per heavy atom. The fourth-order valence-corrected chi connectivity index (χ4v) is 5.44. The van der Waals surface area contributed by atoms with Gasteiger partial charge in [0.1, 0.15) is 16.5 Å². The van der Waals surface area contributed by atoms with Crippen LogP contribution in [0.4, 0.5) is 10.1 Å². The summed E-state index contributed by atoms with van der Waals surface area (Å²) >= 11 is 6.09. The molecule has 0 fully saturated rings. The zero-order valence-electron chi connectivity index (χ0n) is 14.1. The summed E-state index contributed by atoms with van der Waals surface area (Å²) in [5.41, 5.74) is 1.19. The maximum absolute atomic E-state index is 13.8. The first-order chi connectivity index (χ1) is 13.0. The van der Waals surface area contributed by atoms with Crippen LogP contribution in [0.25, 0.3) is 10.2 Å². The van der Waals surface area contributed by atoms with E-state index in [4.69, 9.17) is 0 Å². The predicted octanol–water partition coefficient (Wildman–Crippen LogP) is 4.25. The van der Waals surface area contributed by atoms with Crippen LogP contribution in [0.3, 0.4) is 0 Å². The van der Waals surface area contributed by atoms with Crippen molar-refractivity contribution in [2.24, 2.45) is 0 Å². The van der Waals surface area contributed by atoms with Crippen LogP contribution < -0.4 is 10.9 Å². The van der Waals surface area contributed by atoms with E-state index in [0.29, 0.717) is 16.0 Å². The number of amides is 1. The van der Waals surface area contributed by atoms with Crippen molar-refractivity contribution < 1.29 is 9.18 Å². The number of nitrogens with one attached hydrogen (secondary N) is 2. The summed E-state index contributed by atoms with van der Waals surface area (Å²) in [5, 5.41) is 3.27. The molecule has 27 heavy (non-hydrogen) atoms. The quantitative estimate of drug-likeness (QED) is 0.588. The van der Waals surface area contributed by atoms with E-state index < -0.39 is 5.82 Å². The number of nitrogens with zero attached hydrogens (tertiary/aromatic N) is 1. The Kier molecular flexibility index (Phi) is 5.34. The minimum absolute atomic E-state index is 0.101. The van der Waals surface area contributed by atoms with Gasteiger partial charge in [-0.15, -0.1) is 23.1 Å². The molecule has 1 aliphatic carbocycles. The lowest BCUT2D eigenvalue weighted by atomic mass is 10.2. The number of carbonyl (C=O) groups is 1.